The second-order valence-corrected chi connectivity index (χ2v) is 5.73. The first kappa shape index (κ1) is 18.5. The largest absolute Gasteiger partial charge is 0.872 e. The minimum absolute atomic E-state index is 0.156. The Bertz CT molecular complexity index is 1090. The lowest BCUT2D eigenvalue weighted by Gasteiger charge is -2.07. The maximum Gasteiger partial charge on any atom is 0.335 e. The monoisotopic (exact) mass is 373 g/mol. The average molecular weight is 373 g/mol. The molecule has 0 saturated heterocycles. The highest BCUT2D eigenvalue weighted by Crippen LogP contribution is 2.24. The fraction of sp³-hybridized carbons (Fsp3) is 0. The molecule has 7 heteroatoms. The summed E-state index contributed by atoms with van der Waals surface area (Å²) in [5.74, 6) is -1.09. The number of hydrogen-bond acceptors (Lipinski definition) is 5. The van der Waals surface area contributed by atoms with Gasteiger partial charge in [-0.05, 0) is 36.4 Å². The molecule has 1 heterocycles. The Kier molecular flexibility index (Phi) is 5.23. The summed E-state index contributed by atoms with van der Waals surface area (Å²) in [5.41, 5.74) is 1.03. The van der Waals surface area contributed by atoms with Gasteiger partial charge in [-0.15, -0.1) is 5.75 Å². The molecule has 1 amide bonds. The minimum atomic E-state index is -1.02. The van der Waals surface area contributed by atoms with Crippen LogP contribution in [0.15, 0.2) is 70.7 Å². The normalized spacial score (nSPS) is 10.9. The molecule has 2 N–H and O–H groups in total. The Morgan fingerprint density at radius 1 is 1.04 bits per heavy atom. The molecule has 0 spiro atoms. The Morgan fingerprint density at radius 3 is 2.32 bits per heavy atom. The van der Waals surface area contributed by atoms with Gasteiger partial charge in [0.15, 0.2) is 0 Å². The summed E-state index contributed by atoms with van der Waals surface area (Å²) in [5, 5.41) is 31.8. The highest BCUT2D eigenvalue weighted by Gasteiger charge is 2.12. The number of nitrogens with zero attached hydrogens (tertiary/aromatic N) is 1. The highest BCUT2D eigenvalue weighted by atomic mass is 16.4. The first-order valence-electron chi connectivity index (χ1n) is 8.10. The zero-order valence-corrected chi connectivity index (χ0v) is 14.4. The van der Waals surface area contributed by atoms with E-state index in [2.05, 4.69) is 5.32 Å². The number of carbonyl (C=O) groups excluding carboxylic acids is 1. The minimum Gasteiger partial charge on any atom is -0.872 e. The molecular weight excluding hydrogens is 360 g/mol. The summed E-state index contributed by atoms with van der Waals surface area (Å²) in [6, 6.07) is 16.7. The van der Waals surface area contributed by atoms with Gasteiger partial charge in [0, 0.05) is 17.3 Å². The summed E-state index contributed by atoms with van der Waals surface area (Å²) in [7, 11) is 0. The van der Waals surface area contributed by atoms with Gasteiger partial charge in [-0.3, -0.25) is 4.79 Å². The van der Waals surface area contributed by atoms with E-state index >= 15 is 0 Å². The number of furan rings is 1. The maximum absolute atomic E-state index is 12.2. The van der Waals surface area contributed by atoms with Crippen LogP contribution >= 0.6 is 0 Å². The van der Waals surface area contributed by atoms with Gasteiger partial charge >= 0.3 is 5.97 Å². The molecule has 0 unspecified atom stereocenters. The van der Waals surface area contributed by atoms with Crippen molar-refractivity contribution < 1.29 is 24.2 Å². The Hall–Kier alpha value is -4.31. The second kappa shape index (κ2) is 7.93. The van der Waals surface area contributed by atoms with Crippen molar-refractivity contribution in [3.05, 3.63) is 77.6 Å². The Balaban J connectivity index is 1.78. The molecule has 0 atom stereocenters. The smallest absolute Gasteiger partial charge is 0.335 e. The fourth-order valence-corrected chi connectivity index (χ4v) is 2.39. The van der Waals surface area contributed by atoms with Crippen LogP contribution in [0.5, 0.6) is 5.75 Å². The molecular formula is C21H13N2O5-. The third kappa shape index (κ3) is 4.26. The molecule has 3 aromatic rings. The second-order valence-electron chi connectivity index (χ2n) is 5.73. The summed E-state index contributed by atoms with van der Waals surface area (Å²) >= 11 is 0. The van der Waals surface area contributed by atoms with Crippen LogP contribution in [0.1, 0.15) is 16.1 Å². The van der Waals surface area contributed by atoms with Crippen LogP contribution in [-0.4, -0.2) is 17.0 Å². The van der Waals surface area contributed by atoms with E-state index < -0.39 is 11.9 Å². The molecule has 3 rings (SSSR count). The predicted molar refractivity (Wildman–Crippen MR) is 99.2 cm³/mol. The van der Waals surface area contributed by atoms with Gasteiger partial charge in [0.05, 0.1) is 5.56 Å². The first-order valence-corrected chi connectivity index (χ1v) is 8.10. The molecule has 0 saturated carbocycles. The van der Waals surface area contributed by atoms with Crippen molar-refractivity contribution in [3.63, 3.8) is 0 Å². The number of carboxylic acids is 1. The van der Waals surface area contributed by atoms with Gasteiger partial charge in [-0.2, -0.15) is 5.26 Å². The lowest BCUT2D eigenvalue weighted by Crippen LogP contribution is -2.13. The number of benzene rings is 2. The van der Waals surface area contributed by atoms with Crippen LogP contribution < -0.4 is 10.4 Å². The number of anilines is 1. The summed E-state index contributed by atoms with van der Waals surface area (Å²) < 4.78 is 5.62. The van der Waals surface area contributed by atoms with Crippen molar-refractivity contribution in [2.75, 3.05) is 5.32 Å². The number of nitrogens with one attached hydrogen (secondary N) is 1. The van der Waals surface area contributed by atoms with Crippen molar-refractivity contribution in [1.29, 1.82) is 5.26 Å². The quantitative estimate of drug-likeness (QED) is 0.522. The third-order valence-corrected chi connectivity index (χ3v) is 3.81. The standard InChI is InChI=1S/C21H14N2O5/c22-12-15(20(25)23-16-5-7-17(24)8-6-16)11-18-9-10-19(28-18)13-1-3-14(4-2-13)21(26)27/h1-11,24H,(H,23,25)(H,26,27)/p-1/b15-11-. The van der Waals surface area contributed by atoms with Crippen molar-refractivity contribution in [2.45, 2.75) is 0 Å². The average Bonchev–Trinajstić information content (AvgIpc) is 3.16. The van der Waals surface area contributed by atoms with Gasteiger partial charge in [-0.25, -0.2) is 4.79 Å². The zero-order valence-electron chi connectivity index (χ0n) is 14.4. The zero-order chi connectivity index (χ0) is 20.1. The van der Waals surface area contributed by atoms with Gasteiger partial charge < -0.3 is 19.9 Å². The Labute approximate surface area is 159 Å². The van der Waals surface area contributed by atoms with E-state index in [4.69, 9.17) is 9.52 Å². The number of amides is 1. The molecule has 0 aliphatic carbocycles. The van der Waals surface area contributed by atoms with E-state index in [9.17, 15) is 20.0 Å². The predicted octanol–water partition coefficient (Wildman–Crippen LogP) is 3.26. The van der Waals surface area contributed by atoms with Crippen LogP contribution in [0.3, 0.4) is 0 Å². The van der Waals surface area contributed by atoms with E-state index in [1.165, 1.54) is 42.5 Å². The highest BCUT2D eigenvalue weighted by molar-refractivity contribution is 6.09. The lowest BCUT2D eigenvalue weighted by molar-refractivity contribution is -0.268. The molecule has 28 heavy (non-hydrogen) atoms. The lowest BCUT2D eigenvalue weighted by atomic mass is 10.1. The number of carbonyl (C=O) groups is 2. The van der Waals surface area contributed by atoms with Gasteiger partial charge in [-0.1, -0.05) is 24.3 Å². The van der Waals surface area contributed by atoms with E-state index in [0.717, 1.165) is 0 Å². The molecule has 1 aromatic heterocycles. The molecule has 7 nitrogen and oxygen atoms in total. The summed E-state index contributed by atoms with van der Waals surface area (Å²) in [4.78, 5) is 23.1. The van der Waals surface area contributed by atoms with Crippen LogP contribution in [-0.2, 0) is 4.79 Å². The van der Waals surface area contributed by atoms with Crippen molar-refractivity contribution >= 4 is 23.6 Å². The van der Waals surface area contributed by atoms with Crippen LogP contribution in [0.2, 0.25) is 0 Å². The number of aromatic carboxylic acids is 1. The van der Waals surface area contributed by atoms with Gasteiger partial charge in [0.25, 0.3) is 5.91 Å². The van der Waals surface area contributed by atoms with Crippen molar-refractivity contribution in [2.24, 2.45) is 0 Å². The van der Waals surface area contributed by atoms with E-state index in [0.29, 0.717) is 22.8 Å². The molecule has 2 aromatic carbocycles. The fourth-order valence-electron chi connectivity index (χ4n) is 2.39. The van der Waals surface area contributed by atoms with E-state index in [1.807, 2.05) is 6.07 Å². The maximum atomic E-state index is 12.2. The Morgan fingerprint density at radius 2 is 1.71 bits per heavy atom. The number of nitriles is 1. The summed E-state index contributed by atoms with van der Waals surface area (Å²) in [6.07, 6.45) is 1.30. The molecule has 138 valence electrons. The van der Waals surface area contributed by atoms with Crippen LogP contribution in [0.25, 0.3) is 17.4 Å². The molecule has 0 bridgehead atoms. The van der Waals surface area contributed by atoms with Crippen LogP contribution in [0, 0.1) is 11.3 Å². The van der Waals surface area contributed by atoms with Gasteiger partial charge in [0.2, 0.25) is 0 Å². The van der Waals surface area contributed by atoms with Crippen LogP contribution in [0.4, 0.5) is 5.69 Å². The first-order chi connectivity index (χ1) is 13.5. The number of hydrogen-bond donors (Lipinski definition) is 2. The SMILES string of the molecule is N#C/C(=C/c1ccc(-c2ccc(C(=O)O)cc2)o1)C(=O)Nc1ccc([O-])cc1. The van der Waals surface area contributed by atoms with Crippen molar-refractivity contribution in [3.8, 4) is 23.1 Å². The molecule has 0 fully saturated rings. The molecule has 0 radical (unpaired) electrons. The molecule has 0 aliphatic heterocycles. The van der Waals surface area contributed by atoms with E-state index in [1.54, 1.807) is 24.3 Å². The van der Waals surface area contributed by atoms with E-state index in [-0.39, 0.29) is 16.9 Å². The van der Waals surface area contributed by atoms with Gasteiger partial charge in [0.1, 0.15) is 23.2 Å². The number of carboxylic acid groups (broad SMARTS) is 1. The molecule has 0 aliphatic rings. The topological polar surface area (TPSA) is 126 Å². The summed E-state index contributed by atoms with van der Waals surface area (Å²) in [6.45, 7) is 0. The third-order valence-electron chi connectivity index (χ3n) is 3.81. The van der Waals surface area contributed by atoms with Crippen molar-refractivity contribution in [1.82, 2.24) is 0 Å². The number of rotatable bonds is 5.